The minimum Gasteiger partial charge on any atom is -0.508 e. The van der Waals surface area contributed by atoms with Crippen molar-refractivity contribution >= 4 is 12.0 Å². The molecule has 0 spiro atoms. The summed E-state index contributed by atoms with van der Waals surface area (Å²) in [5.41, 5.74) is 0.886. The lowest BCUT2D eigenvalue weighted by Crippen LogP contribution is -2.30. The van der Waals surface area contributed by atoms with Crippen molar-refractivity contribution in [1.29, 1.82) is 0 Å². The Kier molecular flexibility index (Phi) is 4.58. The van der Waals surface area contributed by atoms with E-state index in [4.69, 9.17) is 5.11 Å². The Morgan fingerprint density at radius 1 is 1.44 bits per heavy atom. The van der Waals surface area contributed by atoms with Gasteiger partial charge in [0.15, 0.2) is 0 Å². The molecule has 1 amide bonds. The number of rotatable bonds is 4. The van der Waals surface area contributed by atoms with E-state index in [1.807, 2.05) is 13.8 Å². The van der Waals surface area contributed by atoms with Crippen molar-refractivity contribution in [2.75, 3.05) is 0 Å². The zero-order valence-electron chi connectivity index (χ0n) is 9.60. The molecule has 1 rings (SSSR count). The molecule has 0 fully saturated rings. The van der Waals surface area contributed by atoms with Crippen molar-refractivity contribution in [2.45, 2.75) is 26.3 Å². The lowest BCUT2D eigenvalue weighted by atomic mass is 10.2. The van der Waals surface area contributed by atoms with Gasteiger partial charge in [-0.15, -0.1) is 0 Å². The van der Waals surface area contributed by atoms with Crippen molar-refractivity contribution in [1.82, 2.24) is 5.32 Å². The van der Waals surface area contributed by atoms with Gasteiger partial charge in [0.05, 0.1) is 0 Å². The number of hydrogen-bond acceptors (Lipinski definition) is 2. The third-order valence-electron chi connectivity index (χ3n) is 2.32. The van der Waals surface area contributed by atoms with Crippen LogP contribution in [-0.4, -0.2) is 17.1 Å². The second kappa shape index (κ2) is 5.95. The number of amides is 1. The van der Waals surface area contributed by atoms with Crippen LogP contribution in [0.25, 0.3) is 6.08 Å². The maximum absolute atomic E-state index is 11.4. The Labute approximate surface area is 95.8 Å². The normalized spacial score (nSPS) is 12.6. The highest BCUT2D eigenvalue weighted by Gasteiger charge is 2.00. The second-order valence-electron chi connectivity index (χ2n) is 3.74. The molecule has 0 aliphatic rings. The lowest BCUT2D eigenvalue weighted by Gasteiger charge is -2.08. The summed E-state index contributed by atoms with van der Waals surface area (Å²) in [7, 11) is 0. The van der Waals surface area contributed by atoms with Gasteiger partial charge in [0.2, 0.25) is 5.91 Å². The van der Waals surface area contributed by atoms with E-state index in [1.165, 1.54) is 6.08 Å². The average Bonchev–Trinajstić information content (AvgIpc) is 2.28. The monoisotopic (exact) mass is 219 g/mol. The minimum absolute atomic E-state index is 0.0950. The fourth-order valence-electron chi connectivity index (χ4n) is 1.15. The van der Waals surface area contributed by atoms with Gasteiger partial charge in [0.1, 0.15) is 5.75 Å². The van der Waals surface area contributed by atoms with Gasteiger partial charge in [-0.3, -0.25) is 4.79 Å². The maximum Gasteiger partial charge on any atom is 0.244 e. The topological polar surface area (TPSA) is 49.3 Å². The maximum atomic E-state index is 11.4. The van der Waals surface area contributed by atoms with Crippen LogP contribution >= 0.6 is 0 Å². The fraction of sp³-hybridized carbons (Fsp3) is 0.308. The Hall–Kier alpha value is -1.77. The number of benzene rings is 1. The Bertz CT molecular complexity index is 368. The van der Waals surface area contributed by atoms with Crippen molar-refractivity contribution in [3.63, 3.8) is 0 Å². The summed E-state index contributed by atoms with van der Waals surface area (Å²) in [6.07, 6.45) is 4.13. The van der Waals surface area contributed by atoms with Gasteiger partial charge in [-0.05, 0) is 37.1 Å². The van der Waals surface area contributed by atoms with E-state index in [0.29, 0.717) is 0 Å². The molecule has 0 saturated heterocycles. The summed E-state index contributed by atoms with van der Waals surface area (Å²) >= 11 is 0. The number of aromatic hydroxyl groups is 1. The van der Waals surface area contributed by atoms with Gasteiger partial charge in [-0.2, -0.15) is 0 Å². The molecule has 2 N–H and O–H groups in total. The van der Waals surface area contributed by atoms with Gasteiger partial charge >= 0.3 is 0 Å². The first-order chi connectivity index (χ1) is 7.61. The molecule has 0 unspecified atom stereocenters. The van der Waals surface area contributed by atoms with Crippen molar-refractivity contribution in [3.05, 3.63) is 35.9 Å². The van der Waals surface area contributed by atoms with Crippen LogP contribution in [0.5, 0.6) is 5.75 Å². The second-order valence-corrected chi connectivity index (χ2v) is 3.74. The van der Waals surface area contributed by atoms with Crippen LogP contribution in [-0.2, 0) is 4.79 Å². The third kappa shape index (κ3) is 4.17. The molecule has 0 aromatic heterocycles. The van der Waals surface area contributed by atoms with E-state index in [2.05, 4.69) is 5.32 Å². The molecule has 86 valence electrons. The zero-order valence-corrected chi connectivity index (χ0v) is 9.60. The minimum atomic E-state index is -0.0950. The van der Waals surface area contributed by atoms with Crippen molar-refractivity contribution in [2.24, 2.45) is 0 Å². The van der Waals surface area contributed by atoms with Crippen LogP contribution < -0.4 is 5.32 Å². The molecule has 0 aliphatic carbocycles. The van der Waals surface area contributed by atoms with Gasteiger partial charge in [0.25, 0.3) is 0 Å². The highest BCUT2D eigenvalue weighted by Crippen LogP contribution is 2.10. The fourth-order valence-corrected chi connectivity index (χ4v) is 1.15. The van der Waals surface area contributed by atoms with Crippen LogP contribution in [0.2, 0.25) is 0 Å². The summed E-state index contributed by atoms with van der Waals surface area (Å²) in [4.78, 5) is 11.4. The molecular weight excluding hydrogens is 202 g/mol. The van der Waals surface area contributed by atoms with E-state index in [0.717, 1.165) is 12.0 Å². The molecule has 0 aliphatic heterocycles. The number of nitrogens with one attached hydrogen (secondary N) is 1. The zero-order chi connectivity index (χ0) is 12.0. The van der Waals surface area contributed by atoms with E-state index in [1.54, 1.807) is 30.3 Å². The van der Waals surface area contributed by atoms with Crippen LogP contribution in [0.1, 0.15) is 25.8 Å². The predicted octanol–water partition coefficient (Wildman–Crippen LogP) is 2.32. The predicted molar refractivity (Wildman–Crippen MR) is 65.0 cm³/mol. The molecule has 0 heterocycles. The van der Waals surface area contributed by atoms with E-state index >= 15 is 0 Å². The first-order valence-corrected chi connectivity index (χ1v) is 5.39. The Morgan fingerprint density at radius 3 is 2.62 bits per heavy atom. The number of phenols is 1. The number of carbonyl (C=O) groups is 1. The molecule has 0 radical (unpaired) electrons. The summed E-state index contributed by atoms with van der Waals surface area (Å²) < 4.78 is 0. The first-order valence-electron chi connectivity index (χ1n) is 5.39. The quantitative estimate of drug-likeness (QED) is 0.763. The molecule has 3 heteroatoms. The average molecular weight is 219 g/mol. The number of carbonyl (C=O) groups excluding carboxylic acids is 1. The van der Waals surface area contributed by atoms with Crippen molar-refractivity contribution in [3.8, 4) is 5.75 Å². The molecule has 1 aromatic rings. The molecule has 1 aromatic carbocycles. The number of hydrogen-bond donors (Lipinski definition) is 2. The first kappa shape index (κ1) is 12.3. The molecule has 0 saturated carbocycles. The van der Waals surface area contributed by atoms with Crippen LogP contribution in [0.3, 0.4) is 0 Å². The highest BCUT2D eigenvalue weighted by atomic mass is 16.3. The van der Waals surface area contributed by atoms with E-state index in [9.17, 15) is 4.79 Å². The summed E-state index contributed by atoms with van der Waals surface area (Å²) in [6.45, 7) is 3.99. The SMILES string of the molecule is CC[C@@H](C)NC(=O)/C=C/c1ccc(O)cc1. The highest BCUT2D eigenvalue weighted by molar-refractivity contribution is 5.91. The van der Waals surface area contributed by atoms with E-state index in [-0.39, 0.29) is 17.7 Å². The summed E-state index contributed by atoms with van der Waals surface area (Å²) in [5.74, 6) is 0.128. The van der Waals surface area contributed by atoms with Crippen molar-refractivity contribution < 1.29 is 9.90 Å². The van der Waals surface area contributed by atoms with Gasteiger partial charge in [-0.25, -0.2) is 0 Å². The standard InChI is InChI=1S/C13H17NO2/c1-3-10(2)14-13(16)9-6-11-4-7-12(15)8-5-11/h4-10,15H,3H2,1-2H3,(H,14,16)/b9-6+/t10-/m1/s1. The smallest absolute Gasteiger partial charge is 0.244 e. The summed E-state index contributed by atoms with van der Waals surface area (Å²) in [5, 5.41) is 11.9. The van der Waals surface area contributed by atoms with Gasteiger partial charge in [-0.1, -0.05) is 19.1 Å². The molecule has 16 heavy (non-hydrogen) atoms. The van der Waals surface area contributed by atoms with Gasteiger partial charge < -0.3 is 10.4 Å². The largest absolute Gasteiger partial charge is 0.508 e. The molecular formula is C13H17NO2. The number of phenolic OH excluding ortho intramolecular Hbond substituents is 1. The molecule has 3 nitrogen and oxygen atoms in total. The van der Waals surface area contributed by atoms with Crippen LogP contribution in [0.4, 0.5) is 0 Å². The Morgan fingerprint density at radius 2 is 2.06 bits per heavy atom. The van der Waals surface area contributed by atoms with Crippen LogP contribution in [0, 0.1) is 0 Å². The third-order valence-corrected chi connectivity index (χ3v) is 2.32. The van der Waals surface area contributed by atoms with Crippen LogP contribution in [0.15, 0.2) is 30.3 Å². The van der Waals surface area contributed by atoms with E-state index < -0.39 is 0 Å². The molecule has 0 bridgehead atoms. The summed E-state index contributed by atoms with van der Waals surface area (Å²) in [6, 6.07) is 6.88. The Balaban J connectivity index is 2.53. The lowest BCUT2D eigenvalue weighted by molar-refractivity contribution is -0.117. The van der Waals surface area contributed by atoms with Gasteiger partial charge in [0, 0.05) is 12.1 Å². The molecule has 1 atom stereocenters.